The van der Waals surface area contributed by atoms with Crippen LogP contribution in [0, 0.1) is 20.8 Å². The highest BCUT2D eigenvalue weighted by atomic mass is 79.9. The molecule has 0 radical (unpaired) electrons. The summed E-state index contributed by atoms with van der Waals surface area (Å²) in [4.78, 5) is 1.15. The molecule has 23 heavy (non-hydrogen) atoms. The van der Waals surface area contributed by atoms with Gasteiger partial charge in [0.1, 0.15) is 4.60 Å². The lowest BCUT2D eigenvalue weighted by Crippen LogP contribution is -2.03. The third-order valence-electron chi connectivity index (χ3n) is 3.53. The molecule has 3 rings (SSSR count). The molecule has 2 aromatic carbocycles. The van der Waals surface area contributed by atoms with Crippen molar-refractivity contribution in [1.29, 1.82) is 0 Å². The highest BCUT2D eigenvalue weighted by molar-refractivity contribution is 9.10. The van der Waals surface area contributed by atoms with Gasteiger partial charge in [0.15, 0.2) is 5.82 Å². The van der Waals surface area contributed by atoms with E-state index < -0.39 is 0 Å². The van der Waals surface area contributed by atoms with Crippen LogP contribution < -0.4 is 4.72 Å². The lowest BCUT2D eigenvalue weighted by atomic mass is 10.1. The number of hydrogen-bond acceptors (Lipinski definition) is 3. The van der Waals surface area contributed by atoms with Crippen LogP contribution >= 0.6 is 27.9 Å². The van der Waals surface area contributed by atoms with Crippen molar-refractivity contribution in [1.82, 2.24) is 9.78 Å². The lowest BCUT2D eigenvalue weighted by Gasteiger charge is -2.12. The second kappa shape index (κ2) is 6.81. The Kier molecular flexibility index (Phi) is 4.78. The maximum absolute atomic E-state index is 4.68. The van der Waals surface area contributed by atoms with Gasteiger partial charge in [-0.1, -0.05) is 35.9 Å². The summed E-state index contributed by atoms with van der Waals surface area (Å²) in [5, 5.41) is 4.68. The molecule has 1 heterocycles. The summed E-state index contributed by atoms with van der Waals surface area (Å²) in [6, 6.07) is 16.6. The Hall–Kier alpha value is -1.72. The highest BCUT2D eigenvalue weighted by Crippen LogP contribution is 2.28. The van der Waals surface area contributed by atoms with Crippen LogP contribution in [-0.4, -0.2) is 9.78 Å². The highest BCUT2D eigenvalue weighted by Gasteiger charge is 2.12. The van der Waals surface area contributed by atoms with E-state index in [-0.39, 0.29) is 0 Å². The maximum Gasteiger partial charge on any atom is 0.159 e. The standard InChI is InChI=1S/C18H18BrN3S/c1-12-9-13(2)18(14(3)10-12)22-16(19)11-17(20-22)21-23-15-7-5-4-6-8-15/h4-11H,1-3H3,(H,20,21). The van der Waals surface area contributed by atoms with Gasteiger partial charge in [0.2, 0.25) is 0 Å². The molecule has 0 saturated carbocycles. The van der Waals surface area contributed by atoms with Crippen LogP contribution in [0.4, 0.5) is 5.82 Å². The Bertz CT molecular complexity index is 805. The fourth-order valence-corrected chi connectivity index (χ4v) is 3.76. The Morgan fingerprint density at radius 1 is 1.00 bits per heavy atom. The number of aromatic nitrogens is 2. The Morgan fingerprint density at radius 2 is 1.65 bits per heavy atom. The molecule has 3 nitrogen and oxygen atoms in total. The van der Waals surface area contributed by atoms with Crippen molar-refractivity contribution in [2.45, 2.75) is 25.7 Å². The fourth-order valence-electron chi connectivity index (χ4n) is 2.67. The van der Waals surface area contributed by atoms with Crippen molar-refractivity contribution in [2.24, 2.45) is 0 Å². The van der Waals surface area contributed by atoms with Crippen molar-refractivity contribution < 1.29 is 0 Å². The van der Waals surface area contributed by atoms with E-state index in [0.29, 0.717) is 0 Å². The minimum absolute atomic E-state index is 0.824. The molecule has 0 amide bonds. The fraction of sp³-hybridized carbons (Fsp3) is 0.167. The monoisotopic (exact) mass is 387 g/mol. The van der Waals surface area contributed by atoms with Gasteiger partial charge in [0, 0.05) is 11.0 Å². The van der Waals surface area contributed by atoms with Crippen LogP contribution in [0.5, 0.6) is 0 Å². The molecule has 0 spiro atoms. The number of nitrogens with one attached hydrogen (secondary N) is 1. The second-order valence-electron chi connectivity index (χ2n) is 5.53. The largest absolute Gasteiger partial charge is 0.309 e. The Balaban J connectivity index is 1.87. The summed E-state index contributed by atoms with van der Waals surface area (Å²) in [6.45, 7) is 6.36. The number of rotatable bonds is 4. The van der Waals surface area contributed by atoms with E-state index in [1.54, 1.807) is 11.9 Å². The molecule has 0 fully saturated rings. The summed E-state index contributed by atoms with van der Waals surface area (Å²) >= 11 is 5.17. The quantitative estimate of drug-likeness (QED) is 0.584. The van der Waals surface area contributed by atoms with E-state index >= 15 is 0 Å². The summed E-state index contributed by atoms with van der Waals surface area (Å²) in [6.07, 6.45) is 0. The van der Waals surface area contributed by atoms with Crippen LogP contribution in [0.2, 0.25) is 0 Å². The van der Waals surface area contributed by atoms with Gasteiger partial charge in [0.25, 0.3) is 0 Å². The molecule has 3 aromatic rings. The average Bonchev–Trinajstić information content (AvgIpc) is 2.86. The lowest BCUT2D eigenvalue weighted by molar-refractivity contribution is 0.850. The van der Waals surface area contributed by atoms with Gasteiger partial charge in [0.05, 0.1) is 5.69 Å². The molecule has 0 saturated heterocycles. The number of halogens is 1. The first-order chi connectivity index (χ1) is 11.0. The number of hydrogen-bond donors (Lipinski definition) is 1. The average molecular weight is 388 g/mol. The molecule has 118 valence electrons. The number of benzene rings is 2. The van der Waals surface area contributed by atoms with E-state index in [2.05, 4.69) is 70.8 Å². The minimum atomic E-state index is 0.824. The zero-order chi connectivity index (χ0) is 16.4. The SMILES string of the molecule is Cc1cc(C)c(-n2nc(NSc3ccccc3)cc2Br)c(C)c1. The molecule has 1 aromatic heterocycles. The zero-order valence-corrected chi connectivity index (χ0v) is 15.7. The van der Waals surface area contributed by atoms with Gasteiger partial charge < -0.3 is 4.72 Å². The molecule has 0 aliphatic rings. The van der Waals surface area contributed by atoms with Crippen LogP contribution in [0.1, 0.15) is 16.7 Å². The van der Waals surface area contributed by atoms with Crippen LogP contribution in [0.3, 0.4) is 0 Å². The van der Waals surface area contributed by atoms with Gasteiger partial charge in [-0.15, -0.1) is 5.10 Å². The van der Waals surface area contributed by atoms with Gasteiger partial charge >= 0.3 is 0 Å². The molecular weight excluding hydrogens is 370 g/mol. The topological polar surface area (TPSA) is 29.9 Å². The third-order valence-corrected chi connectivity index (χ3v) is 4.91. The molecular formula is C18H18BrN3S. The number of aryl methyl sites for hydroxylation is 3. The molecule has 0 unspecified atom stereocenters. The molecule has 0 bridgehead atoms. The van der Waals surface area contributed by atoms with Gasteiger partial charge in [-0.05, 0) is 71.9 Å². The molecule has 1 N–H and O–H groups in total. The summed E-state index contributed by atoms with van der Waals surface area (Å²) in [7, 11) is 0. The van der Waals surface area contributed by atoms with Crippen LogP contribution in [0.25, 0.3) is 5.69 Å². The summed E-state index contributed by atoms with van der Waals surface area (Å²) in [5.74, 6) is 0.824. The van der Waals surface area contributed by atoms with Crippen molar-refractivity contribution in [2.75, 3.05) is 4.72 Å². The van der Waals surface area contributed by atoms with Gasteiger partial charge in [-0.2, -0.15) is 0 Å². The predicted octanol–water partition coefficient (Wildman–Crippen LogP) is 5.68. The van der Waals surface area contributed by atoms with E-state index in [4.69, 9.17) is 0 Å². The van der Waals surface area contributed by atoms with E-state index in [0.717, 1.165) is 21.0 Å². The zero-order valence-electron chi connectivity index (χ0n) is 13.3. The second-order valence-corrected chi connectivity index (χ2v) is 7.22. The molecule has 0 atom stereocenters. The predicted molar refractivity (Wildman–Crippen MR) is 101 cm³/mol. The van der Waals surface area contributed by atoms with Crippen molar-refractivity contribution in [3.05, 3.63) is 69.8 Å². The van der Waals surface area contributed by atoms with E-state index in [1.165, 1.54) is 16.7 Å². The molecule has 0 aliphatic carbocycles. The summed E-state index contributed by atoms with van der Waals surface area (Å²) in [5.41, 5.74) is 4.83. The first-order valence-electron chi connectivity index (χ1n) is 7.36. The normalized spacial score (nSPS) is 10.8. The number of anilines is 1. The first kappa shape index (κ1) is 16.1. The minimum Gasteiger partial charge on any atom is -0.309 e. The van der Waals surface area contributed by atoms with Crippen molar-refractivity contribution >= 4 is 33.7 Å². The Morgan fingerprint density at radius 3 is 2.30 bits per heavy atom. The van der Waals surface area contributed by atoms with E-state index in [9.17, 15) is 0 Å². The van der Waals surface area contributed by atoms with Crippen molar-refractivity contribution in [3.8, 4) is 5.69 Å². The van der Waals surface area contributed by atoms with Crippen LogP contribution in [-0.2, 0) is 0 Å². The third kappa shape index (κ3) is 3.62. The number of nitrogens with zero attached hydrogens (tertiary/aromatic N) is 2. The maximum atomic E-state index is 4.68. The smallest absolute Gasteiger partial charge is 0.159 e. The van der Waals surface area contributed by atoms with Gasteiger partial charge in [-0.3, -0.25) is 0 Å². The van der Waals surface area contributed by atoms with Crippen molar-refractivity contribution in [3.63, 3.8) is 0 Å². The van der Waals surface area contributed by atoms with Gasteiger partial charge in [-0.25, -0.2) is 4.68 Å². The first-order valence-corrected chi connectivity index (χ1v) is 8.97. The molecule has 0 aliphatic heterocycles. The van der Waals surface area contributed by atoms with E-state index in [1.807, 2.05) is 28.9 Å². The van der Waals surface area contributed by atoms with Crippen LogP contribution in [0.15, 0.2) is 58.0 Å². The summed E-state index contributed by atoms with van der Waals surface area (Å²) < 4.78 is 6.17. The Labute approximate surface area is 149 Å². The molecule has 5 heteroatoms.